The minimum Gasteiger partial charge on any atom is -0.481 e. The number of aliphatic carboxylic acids is 1. The van der Waals surface area contributed by atoms with Gasteiger partial charge < -0.3 is 10.4 Å². The first-order chi connectivity index (χ1) is 10.1. The van der Waals surface area contributed by atoms with E-state index in [1.165, 1.54) is 19.3 Å². The van der Waals surface area contributed by atoms with E-state index in [2.05, 4.69) is 5.32 Å². The van der Waals surface area contributed by atoms with Crippen molar-refractivity contribution in [2.24, 2.45) is 0 Å². The third-order valence-corrected chi connectivity index (χ3v) is 4.09. The second-order valence-corrected chi connectivity index (χ2v) is 5.81. The number of rotatable bonds is 6. The molecule has 4 nitrogen and oxygen atoms in total. The van der Waals surface area contributed by atoms with Crippen LogP contribution in [-0.4, -0.2) is 23.0 Å². The highest BCUT2D eigenvalue weighted by Gasteiger charge is 2.21. The lowest BCUT2D eigenvalue weighted by Crippen LogP contribution is -2.37. The molecule has 21 heavy (non-hydrogen) atoms. The predicted molar refractivity (Wildman–Crippen MR) is 81.1 cm³/mol. The van der Waals surface area contributed by atoms with Crippen LogP contribution in [0.3, 0.4) is 0 Å². The topological polar surface area (TPSA) is 66.4 Å². The predicted octanol–water partition coefficient (Wildman–Crippen LogP) is 3.08. The van der Waals surface area contributed by atoms with E-state index in [9.17, 15) is 9.59 Å². The molecule has 1 atom stereocenters. The molecule has 2 N–H and O–H groups in total. The number of amides is 1. The van der Waals surface area contributed by atoms with E-state index in [4.69, 9.17) is 5.11 Å². The van der Waals surface area contributed by atoms with Gasteiger partial charge in [-0.1, -0.05) is 49.6 Å². The molecule has 1 saturated carbocycles. The summed E-state index contributed by atoms with van der Waals surface area (Å²) in [6, 6.07) is 9.70. The van der Waals surface area contributed by atoms with Gasteiger partial charge in [-0.15, -0.1) is 0 Å². The second kappa shape index (κ2) is 7.81. The molecule has 0 aliphatic heterocycles. The van der Waals surface area contributed by atoms with Gasteiger partial charge in [-0.2, -0.15) is 0 Å². The highest BCUT2D eigenvalue weighted by atomic mass is 16.4. The first-order valence-electron chi connectivity index (χ1n) is 7.71. The number of carbonyl (C=O) groups excluding carboxylic acids is 1. The molecule has 0 radical (unpaired) electrons. The van der Waals surface area contributed by atoms with Crippen LogP contribution in [0.25, 0.3) is 0 Å². The van der Waals surface area contributed by atoms with Crippen molar-refractivity contribution in [1.82, 2.24) is 5.32 Å². The molecule has 1 fully saturated rings. The van der Waals surface area contributed by atoms with Crippen LogP contribution in [0.4, 0.5) is 0 Å². The van der Waals surface area contributed by atoms with Gasteiger partial charge in [0.1, 0.15) is 0 Å². The minimum absolute atomic E-state index is 0.0118. The van der Waals surface area contributed by atoms with Crippen molar-refractivity contribution < 1.29 is 14.7 Å². The molecule has 0 saturated heterocycles. The summed E-state index contributed by atoms with van der Waals surface area (Å²) in [5.41, 5.74) is 0.915. The van der Waals surface area contributed by atoms with Crippen LogP contribution >= 0.6 is 0 Å². The zero-order valence-corrected chi connectivity index (χ0v) is 12.3. The zero-order valence-electron chi connectivity index (χ0n) is 12.3. The van der Waals surface area contributed by atoms with Crippen LogP contribution in [0.15, 0.2) is 30.3 Å². The summed E-state index contributed by atoms with van der Waals surface area (Å²) in [5, 5.41) is 12.1. The minimum atomic E-state index is -0.866. The molecule has 1 amide bonds. The van der Waals surface area contributed by atoms with Gasteiger partial charge in [-0.25, -0.2) is 0 Å². The Morgan fingerprint density at radius 1 is 1.10 bits per heavy atom. The Balaban J connectivity index is 1.94. The Labute approximate surface area is 125 Å². The van der Waals surface area contributed by atoms with Gasteiger partial charge in [0, 0.05) is 18.4 Å². The quantitative estimate of drug-likeness (QED) is 0.845. The number of hydrogen-bond acceptors (Lipinski definition) is 2. The number of carboxylic acids is 1. The number of carboxylic acid groups (broad SMARTS) is 1. The largest absolute Gasteiger partial charge is 0.481 e. The molecule has 0 spiro atoms. The molecule has 1 aromatic carbocycles. The molecule has 4 heteroatoms. The van der Waals surface area contributed by atoms with Gasteiger partial charge in [-0.05, 0) is 18.4 Å². The van der Waals surface area contributed by atoms with Crippen LogP contribution in [-0.2, 0) is 9.59 Å². The maximum Gasteiger partial charge on any atom is 0.303 e. The summed E-state index contributed by atoms with van der Waals surface area (Å²) < 4.78 is 0. The highest BCUT2D eigenvalue weighted by molar-refractivity contribution is 5.78. The van der Waals surface area contributed by atoms with E-state index in [0.29, 0.717) is 0 Å². The van der Waals surface area contributed by atoms with E-state index >= 15 is 0 Å². The summed E-state index contributed by atoms with van der Waals surface area (Å²) in [6.45, 7) is 0. The summed E-state index contributed by atoms with van der Waals surface area (Å²) in [5.74, 6) is -1.15. The van der Waals surface area contributed by atoms with Crippen molar-refractivity contribution in [2.45, 2.75) is 56.9 Å². The van der Waals surface area contributed by atoms with Crippen molar-refractivity contribution in [3.63, 3.8) is 0 Å². The van der Waals surface area contributed by atoms with Gasteiger partial charge in [0.05, 0.1) is 6.42 Å². The second-order valence-electron chi connectivity index (χ2n) is 5.81. The number of nitrogens with one attached hydrogen (secondary N) is 1. The third kappa shape index (κ3) is 5.21. The first-order valence-corrected chi connectivity index (χ1v) is 7.71. The average molecular weight is 289 g/mol. The van der Waals surface area contributed by atoms with Crippen LogP contribution < -0.4 is 5.32 Å². The highest BCUT2D eigenvalue weighted by Crippen LogP contribution is 2.24. The van der Waals surface area contributed by atoms with Gasteiger partial charge in [-0.3, -0.25) is 9.59 Å². The number of benzene rings is 1. The Bertz CT molecular complexity index is 466. The average Bonchev–Trinajstić information content (AvgIpc) is 2.48. The van der Waals surface area contributed by atoms with Gasteiger partial charge in [0.15, 0.2) is 0 Å². The maximum absolute atomic E-state index is 12.2. The molecule has 0 aromatic heterocycles. The molecule has 114 valence electrons. The summed E-state index contributed by atoms with van der Waals surface area (Å²) >= 11 is 0. The fourth-order valence-electron chi connectivity index (χ4n) is 3.00. The van der Waals surface area contributed by atoms with Crippen LogP contribution in [0, 0.1) is 0 Å². The fraction of sp³-hybridized carbons (Fsp3) is 0.529. The van der Waals surface area contributed by atoms with Crippen molar-refractivity contribution >= 4 is 11.9 Å². The van der Waals surface area contributed by atoms with Crippen molar-refractivity contribution in [1.29, 1.82) is 0 Å². The van der Waals surface area contributed by atoms with Gasteiger partial charge in [0.2, 0.25) is 5.91 Å². The SMILES string of the molecule is O=C(O)C[C@@H](CC(=O)NC1CCCCC1)c1ccccc1. The van der Waals surface area contributed by atoms with E-state index in [0.717, 1.165) is 18.4 Å². The molecule has 0 unspecified atom stereocenters. The Kier molecular flexibility index (Phi) is 5.78. The molecule has 1 aliphatic rings. The summed E-state index contributed by atoms with van der Waals surface area (Å²) in [4.78, 5) is 23.2. The van der Waals surface area contributed by atoms with Crippen LogP contribution in [0.1, 0.15) is 56.4 Å². The number of hydrogen-bond donors (Lipinski definition) is 2. The van der Waals surface area contributed by atoms with E-state index in [1.54, 1.807) is 0 Å². The molecule has 2 rings (SSSR count). The summed E-state index contributed by atoms with van der Waals surface area (Å²) in [6.07, 6.45) is 5.90. The third-order valence-electron chi connectivity index (χ3n) is 4.09. The molecule has 0 heterocycles. The van der Waals surface area contributed by atoms with E-state index in [1.807, 2.05) is 30.3 Å². The van der Waals surface area contributed by atoms with Crippen molar-refractivity contribution in [3.05, 3.63) is 35.9 Å². The Morgan fingerprint density at radius 3 is 2.38 bits per heavy atom. The Hall–Kier alpha value is -1.84. The molecule has 0 bridgehead atoms. The normalized spacial score (nSPS) is 17.1. The fourth-order valence-corrected chi connectivity index (χ4v) is 3.00. The number of carbonyl (C=O) groups is 2. The summed E-state index contributed by atoms with van der Waals surface area (Å²) in [7, 11) is 0. The maximum atomic E-state index is 12.2. The van der Waals surface area contributed by atoms with E-state index in [-0.39, 0.29) is 30.7 Å². The molecular weight excluding hydrogens is 266 g/mol. The standard InChI is InChI=1S/C17H23NO3/c19-16(18-15-9-5-2-6-10-15)11-14(12-17(20)21)13-7-3-1-4-8-13/h1,3-4,7-8,14-15H,2,5-6,9-12H2,(H,18,19)(H,20,21)/t14-/m1/s1. The van der Waals surface area contributed by atoms with Crippen LogP contribution in [0.5, 0.6) is 0 Å². The first kappa shape index (κ1) is 15.5. The molecule has 1 aliphatic carbocycles. The van der Waals surface area contributed by atoms with Crippen LogP contribution in [0.2, 0.25) is 0 Å². The van der Waals surface area contributed by atoms with E-state index < -0.39 is 5.97 Å². The van der Waals surface area contributed by atoms with Crippen molar-refractivity contribution in [3.8, 4) is 0 Å². The zero-order chi connectivity index (χ0) is 15.1. The van der Waals surface area contributed by atoms with Gasteiger partial charge >= 0.3 is 5.97 Å². The monoisotopic (exact) mass is 289 g/mol. The Morgan fingerprint density at radius 2 is 1.76 bits per heavy atom. The molecular formula is C17H23NO3. The van der Waals surface area contributed by atoms with Crippen molar-refractivity contribution in [2.75, 3.05) is 0 Å². The molecule has 1 aromatic rings. The van der Waals surface area contributed by atoms with Gasteiger partial charge in [0.25, 0.3) is 0 Å². The smallest absolute Gasteiger partial charge is 0.303 e. The lowest BCUT2D eigenvalue weighted by Gasteiger charge is -2.24. The lowest BCUT2D eigenvalue weighted by molar-refractivity contribution is -0.137. The lowest BCUT2D eigenvalue weighted by atomic mass is 9.91.